The molecule has 0 bridgehead atoms. The highest BCUT2D eigenvalue weighted by Crippen LogP contribution is 2.38. The van der Waals surface area contributed by atoms with Gasteiger partial charge in [-0.1, -0.05) is 53.5 Å². The summed E-state index contributed by atoms with van der Waals surface area (Å²) in [4.78, 5) is 14.3. The Morgan fingerprint density at radius 3 is 2.55 bits per heavy atom. The van der Waals surface area contributed by atoms with Crippen LogP contribution in [0.1, 0.15) is 5.56 Å². The van der Waals surface area contributed by atoms with Gasteiger partial charge in [0.1, 0.15) is 11.3 Å². The molecule has 0 saturated heterocycles. The zero-order chi connectivity index (χ0) is 20.0. The molecule has 144 valence electrons. The highest BCUT2D eigenvalue weighted by atomic mass is 35.5. The van der Waals surface area contributed by atoms with Crippen molar-refractivity contribution in [1.29, 1.82) is 0 Å². The van der Waals surface area contributed by atoms with E-state index in [1.807, 2.05) is 53.4 Å². The maximum Gasteiger partial charge on any atom is 0.336 e. The van der Waals surface area contributed by atoms with Gasteiger partial charge < -0.3 is 14.1 Å². The first-order valence-electron chi connectivity index (χ1n) is 9.08. The molecule has 0 aliphatic carbocycles. The third-order valence-corrected chi connectivity index (χ3v) is 5.57. The summed E-state index contributed by atoms with van der Waals surface area (Å²) in [5, 5.41) is 1.97. The summed E-state index contributed by atoms with van der Waals surface area (Å²) in [7, 11) is 0. The molecule has 1 aliphatic heterocycles. The molecule has 5 rings (SSSR count). The largest absolute Gasteiger partial charge is 0.473 e. The second-order valence-corrected chi connectivity index (χ2v) is 7.67. The minimum absolute atomic E-state index is 0.336. The lowest BCUT2D eigenvalue weighted by Crippen LogP contribution is -2.32. The molecule has 0 fully saturated rings. The number of benzene rings is 3. The van der Waals surface area contributed by atoms with Crippen LogP contribution >= 0.6 is 23.2 Å². The first kappa shape index (κ1) is 18.1. The molecule has 0 spiro atoms. The van der Waals surface area contributed by atoms with Gasteiger partial charge in [-0.3, -0.25) is 0 Å². The molecule has 1 aliphatic rings. The van der Waals surface area contributed by atoms with E-state index in [9.17, 15) is 4.79 Å². The molecule has 0 N–H and O–H groups in total. The molecule has 0 saturated carbocycles. The maximum atomic E-state index is 12.3. The minimum atomic E-state index is -0.397. The fraction of sp³-hybridized carbons (Fsp3) is 0.0870. The Hall–Kier alpha value is -2.95. The number of halogens is 2. The standard InChI is InChI=1S/C23H15Cl2NO3/c24-15-6-8-20(19(25)10-15)26-12-18-21(28-13-26)9-7-16-17(11-22(27)29-23(16)18)14-4-2-1-3-5-14/h1-11H,12-13H2. The first-order chi connectivity index (χ1) is 14.1. The average Bonchev–Trinajstić information content (AvgIpc) is 2.73. The van der Waals surface area contributed by atoms with Crippen LogP contribution in [0.4, 0.5) is 5.69 Å². The topological polar surface area (TPSA) is 42.7 Å². The smallest absolute Gasteiger partial charge is 0.336 e. The van der Waals surface area contributed by atoms with Gasteiger partial charge in [0.2, 0.25) is 0 Å². The quantitative estimate of drug-likeness (QED) is 0.364. The Morgan fingerprint density at radius 2 is 1.76 bits per heavy atom. The van der Waals surface area contributed by atoms with Crippen molar-refractivity contribution in [1.82, 2.24) is 0 Å². The van der Waals surface area contributed by atoms with Crippen LogP contribution in [-0.4, -0.2) is 6.73 Å². The van der Waals surface area contributed by atoms with Gasteiger partial charge in [-0.15, -0.1) is 0 Å². The van der Waals surface area contributed by atoms with Crippen LogP contribution in [0.5, 0.6) is 5.75 Å². The van der Waals surface area contributed by atoms with Crippen molar-refractivity contribution in [2.75, 3.05) is 11.6 Å². The van der Waals surface area contributed by atoms with Crippen LogP contribution in [0.25, 0.3) is 22.1 Å². The SMILES string of the molecule is O=c1cc(-c2ccccc2)c2ccc3c(c2o1)CN(c1ccc(Cl)cc1Cl)CO3. The normalized spacial score (nSPS) is 13.2. The Bertz CT molecular complexity index is 1280. The van der Waals surface area contributed by atoms with Gasteiger partial charge in [-0.2, -0.15) is 0 Å². The molecule has 4 aromatic rings. The van der Waals surface area contributed by atoms with E-state index in [1.54, 1.807) is 12.1 Å². The van der Waals surface area contributed by atoms with Crippen molar-refractivity contribution in [2.45, 2.75) is 6.54 Å². The van der Waals surface area contributed by atoms with E-state index >= 15 is 0 Å². The number of hydrogen-bond donors (Lipinski definition) is 0. The molecule has 6 heteroatoms. The molecular weight excluding hydrogens is 409 g/mol. The molecule has 1 aromatic heterocycles. The number of rotatable bonds is 2. The monoisotopic (exact) mass is 423 g/mol. The van der Waals surface area contributed by atoms with E-state index < -0.39 is 5.63 Å². The maximum absolute atomic E-state index is 12.3. The summed E-state index contributed by atoms with van der Waals surface area (Å²) >= 11 is 12.4. The molecule has 0 amide bonds. The molecule has 0 radical (unpaired) electrons. The fourth-order valence-electron chi connectivity index (χ4n) is 3.68. The molecule has 0 atom stereocenters. The summed E-state index contributed by atoms with van der Waals surface area (Å²) in [5.41, 5.74) is 3.55. The molecule has 29 heavy (non-hydrogen) atoms. The summed E-state index contributed by atoms with van der Waals surface area (Å²) < 4.78 is 11.6. The summed E-state index contributed by atoms with van der Waals surface area (Å²) in [6.45, 7) is 0.831. The van der Waals surface area contributed by atoms with E-state index in [-0.39, 0.29) is 0 Å². The predicted molar refractivity (Wildman–Crippen MR) is 116 cm³/mol. The zero-order valence-electron chi connectivity index (χ0n) is 15.2. The first-order valence-corrected chi connectivity index (χ1v) is 9.84. The van der Waals surface area contributed by atoms with Gasteiger partial charge in [0.25, 0.3) is 0 Å². The van der Waals surface area contributed by atoms with Crippen molar-refractivity contribution in [3.8, 4) is 16.9 Å². The van der Waals surface area contributed by atoms with Gasteiger partial charge in [0.05, 0.1) is 22.8 Å². The van der Waals surface area contributed by atoms with Crippen molar-refractivity contribution in [3.63, 3.8) is 0 Å². The van der Waals surface area contributed by atoms with E-state index in [2.05, 4.69) is 0 Å². The second kappa shape index (κ2) is 7.14. The molecule has 2 heterocycles. The highest BCUT2D eigenvalue weighted by molar-refractivity contribution is 6.36. The lowest BCUT2D eigenvalue weighted by atomic mass is 9.99. The lowest BCUT2D eigenvalue weighted by Gasteiger charge is -2.31. The van der Waals surface area contributed by atoms with Crippen molar-refractivity contribution >= 4 is 39.9 Å². The van der Waals surface area contributed by atoms with Crippen molar-refractivity contribution < 1.29 is 9.15 Å². The Labute approximate surface area is 176 Å². The zero-order valence-corrected chi connectivity index (χ0v) is 16.7. The Kier molecular flexibility index (Phi) is 4.46. The van der Waals surface area contributed by atoms with Gasteiger partial charge >= 0.3 is 5.63 Å². The van der Waals surface area contributed by atoms with Crippen LogP contribution < -0.4 is 15.3 Å². The third kappa shape index (κ3) is 3.24. The van der Waals surface area contributed by atoms with Crippen LogP contribution in [0, 0.1) is 0 Å². The van der Waals surface area contributed by atoms with Crippen molar-refractivity contribution in [3.05, 3.63) is 92.8 Å². The van der Waals surface area contributed by atoms with Crippen LogP contribution in [-0.2, 0) is 6.54 Å². The van der Waals surface area contributed by atoms with Gasteiger partial charge in [-0.25, -0.2) is 4.79 Å². The Morgan fingerprint density at radius 1 is 0.931 bits per heavy atom. The minimum Gasteiger partial charge on any atom is -0.473 e. The van der Waals surface area contributed by atoms with Crippen LogP contribution in [0.15, 0.2) is 75.9 Å². The fourth-order valence-corrected chi connectivity index (χ4v) is 4.21. The third-order valence-electron chi connectivity index (χ3n) is 5.03. The second-order valence-electron chi connectivity index (χ2n) is 6.83. The van der Waals surface area contributed by atoms with E-state index in [0.717, 1.165) is 27.8 Å². The molecule has 3 aromatic carbocycles. The molecule has 0 unspecified atom stereocenters. The highest BCUT2D eigenvalue weighted by Gasteiger charge is 2.24. The van der Waals surface area contributed by atoms with Gasteiger partial charge in [0.15, 0.2) is 6.73 Å². The molecular formula is C23H15Cl2NO3. The van der Waals surface area contributed by atoms with Crippen LogP contribution in [0.2, 0.25) is 10.0 Å². The van der Waals surface area contributed by atoms with Gasteiger partial charge in [0, 0.05) is 16.5 Å². The number of ether oxygens (including phenoxy) is 1. The van der Waals surface area contributed by atoms with Crippen LogP contribution in [0.3, 0.4) is 0 Å². The van der Waals surface area contributed by atoms with Crippen molar-refractivity contribution in [2.24, 2.45) is 0 Å². The number of anilines is 1. The summed E-state index contributed by atoms with van der Waals surface area (Å²) in [6.07, 6.45) is 0. The Balaban J connectivity index is 1.66. The number of hydrogen-bond acceptors (Lipinski definition) is 4. The van der Waals surface area contributed by atoms with E-state index in [1.165, 1.54) is 6.07 Å². The summed E-state index contributed by atoms with van der Waals surface area (Å²) in [5.74, 6) is 0.701. The summed E-state index contributed by atoms with van der Waals surface area (Å²) in [6, 6.07) is 20.5. The average molecular weight is 424 g/mol. The predicted octanol–water partition coefficient (Wildman–Crippen LogP) is 6.12. The lowest BCUT2D eigenvalue weighted by molar-refractivity contribution is 0.289. The number of nitrogens with zero attached hydrogens (tertiary/aromatic N) is 1. The number of fused-ring (bicyclic) bond motifs is 3. The van der Waals surface area contributed by atoms with Gasteiger partial charge in [-0.05, 0) is 41.5 Å². The van der Waals surface area contributed by atoms with E-state index in [0.29, 0.717) is 34.7 Å². The van der Waals surface area contributed by atoms with E-state index in [4.69, 9.17) is 32.4 Å². The molecule has 4 nitrogen and oxygen atoms in total.